The fraction of sp³-hybridized carbons (Fsp3) is 0.588. The standard InChI is InChI=1S/C17H25N3O/c1-12-4-3-5-14(10-12)17(13(2)18)19-8-9-20-15(11-19)6-7-16(20)21/h3-5,10,13,15,17H,6-9,11,18H2,1-2H3. The van der Waals surface area contributed by atoms with Gasteiger partial charge in [-0.2, -0.15) is 0 Å². The number of amides is 1. The molecule has 1 amide bonds. The number of benzene rings is 1. The average Bonchev–Trinajstić information content (AvgIpc) is 2.80. The number of hydrogen-bond acceptors (Lipinski definition) is 3. The molecule has 3 atom stereocenters. The first-order valence-corrected chi connectivity index (χ1v) is 7.92. The van der Waals surface area contributed by atoms with Crippen LogP contribution < -0.4 is 5.73 Å². The quantitative estimate of drug-likeness (QED) is 0.920. The molecule has 3 unspecified atom stereocenters. The zero-order valence-corrected chi connectivity index (χ0v) is 13.0. The molecule has 2 heterocycles. The summed E-state index contributed by atoms with van der Waals surface area (Å²) in [4.78, 5) is 16.3. The molecule has 0 spiro atoms. The van der Waals surface area contributed by atoms with Gasteiger partial charge in [-0.3, -0.25) is 9.69 Å². The van der Waals surface area contributed by atoms with Gasteiger partial charge < -0.3 is 10.6 Å². The Bertz CT molecular complexity index is 529. The lowest BCUT2D eigenvalue weighted by atomic mass is 9.96. The van der Waals surface area contributed by atoms with Crippen LogP contribution in [0.2, 0.25) is 0 Å². The molecule has 2 saturated heterocycles. The first-order valence-electron chi connectivity index (χ1n) is 7.92. The van der Waals surface area contributed by atoms with Crippen molar-refractivity contribution in [1.29, 1.82) is 0 Å². The number of aryl methyl sites for hydroxylation is 1. The third-order valence-electron chi connectivity index (χ3n) is 4.80. The Morgan fingerprint density at radius 1 is 1.33 bits per heavy atom. The minimum atomic E-state index is 0.0791. The Hall–Kier alpha value is -1.39. The number of carbonyl (C=O) groups excluding carboxylic acids is 1. The van der Waals surface area contributed by atoms with Crippen molar-refractivity contribution in [2.45, 2.75) is 44.8 Å². The van der Waals surface area contributed by atoms with Crippen molar-refractivity contribution < 1.29 is 4.79 Å². The predicted octanol–water partition coefficient (Wildman–Crippen LogP) is 1.69. The number of nitrogens with two attached hydrogens (primary N) is 1. The number of piperazine rings is 1. The van der Waals surface area contributed by atoms with E-state index in [0.29, 0.717) is 18.4 Å². The van der Waals surface area contributed by atoms with Crippen LogP contribution in [-0.2, 0) is 4.79 Å². The van der Waals surface area contributed by atoms with Gasteiger partial charge in [0.15, 0.2) is 0 Å². The Morgan fingerprint density at radius 2 is 2.14 bits per heavy atom. The van der Waals surface area contributed by atoms with Gasteiger partial charge in [0, 0.05) is 44.2 Å². The fourth-order valence-corrected chi connectivity index (χ4v) is 3.84. The van der Waals surface area contributed by atoms with E-state index in [9.17, 15) is 4.79 Å². The second-order valence-electron chi connectivity index (χ2n) is 6.49. The molecule has 0 aromatic heterocycles. The smallest absolute Gasteiger partial charge is 0.222 e. The number of rotatable bonds is 3. The van der Waals surface area contributed by atoms with Crippen molar-refractivity contribution in [2.24, 2.45) is 5.73 Å². The van der Waals surface area contributed by atoms with E-state index < -0.39 is 0 Å². The topological polar surface area (TPSA) is 49.6 Å². The number of fused-ring (bicyclic) bond motifs is 1. The molecule has 0 aliphatic carbocycles. The maximum Gasteiger partial charge on any atom is 0.222 e. The van der Waals surface area contributed by atoms with Gasteiger partial charge in [0.25, 0.3) is 0 Å². The normalized spacial score (nSPS) is 25.8. The van der Waals surface area contributed by atoms with E-state index in [1.807, 2.05) is 0 Å². The predicted molar refractivity (Wildman–Crippen MR) is 83.9 cm³/mol. The highest BCUT2D eigenvalue weighted by Gasteiger charge is 2.38. The molecule has 0 bridgehead atoms. The second-order valence-corrected chi connectivity index (χ2v) is 6.49. The maximum atomic E-state index is 11.8. The summed E-state index contributed by atoms with van der Waals surface area (Å²) in [7, 11) is 0. The molecular formula is C17H25N3O. The van der Waals surface area contributed by atoms with E-state index in [4.69, 9.17) is 5.73 Å². The van der Waals surface area contributed by atoms with E-state index >= 15 is 0 Å². The van der Waals surface area contributed by atoms with E-state index in [2.05, 4.69) is 47.9 Å². The van der Waals surface area contributed by atoms with Crippen LogP contribution in [0.5, 0.6) is 0 Å². The number of hydrogen-bond donors (Lipinski definition) is 1. The zero-order valence-electron chi connectivity index (χ0n) is 13.0. The van der Waals surface area contributed by atoms with Crippen LogP contribution in [0.1, 0.15) is 36.9 Å². The minimum absolute atomic E-state index is 0.0791. The average molecular weight is 287 g/mol. The fourth-order valence-electron chi connectivity index (χ4n) is 3.84. The Kier molecular flexibility index (Phi) is 4.00. The molecule has 1 aromatic carbocycles. The number of carbonyl (C=O) groups is 1. The first-order chi connectivity index (χ1) is 10.1. The molecular weight excluding hydrogens is 262 g/mol. The SMILES string of the molecule is Cc1cccc(C(C(C)N)N2CCN3C(=O)CCC3C2)c1. The lowest BCUT2D eigenvalue weighted by Gasteiger charge is -2.43. The minimum Gasteiger partial charge on any atom is -0.337 e. The Morgan fingerprint density at radius 3 is 2.86 bits per heavy atom. The monoisotopic (exact) mass is 287 g/mol. The van der Waals surface area contributed by atoms with Crippen molar-refractivity contribution in [1.82, 2.24) is 9.80 Å². The molecule has 2 N–H and O–H groups in total. The van der Waals surface area contributed by atoms with Crippen molar-refractivity contribution >= 4 is 5.91 Å². The number of nitrogens with zero attached hydrogens (tertiary/aromatic N) is 2. The van der Waals surface area contributed by atoms with Crippen LogP contribution in [0.15, 0.2) is 24.3 Å². The van der Waals surface area contributed by atoms with E-state index in [-0.39, 0.29) is 12.1 Å². The van der Waals surface area contributed by atoms with Crippen LogP contribution >= 0.6 is 0 Å². The van der Waals surface area contributed by atoms with Crippen molar-refractivity contribution in [3.05, 3.63) is 35.4 Å². The third kappa shape index (κ3) is 2.83. The lowest BCUT2D eigenvalue weighted by Crippen LogP contribution is -2.54. The van der Waals surface area contributed by atoms with Crippen LogP contribution in [0.25, 0.3) is 0 Å². The summed E-state index contributed by atoms with van der Waals surface area (Å²) in [5, 5.41) is 0. The molecule has 4 heteroatoms. The van der Waals surface area contributed by atoms with Crippen LogP contribution in [0.4, 0.5) is 0 Å². The summed E-state index contributed by atoms with van der Waals surface area (Å²) in [6.07, 6.45) is 1.71. The summed E-state index contributed by atoms with van der Waals surface area (Å²) in [5.74, 6) is 0.326. The van der Waals surface area contributed by atoms with Gasteiger partial charge in [-0.15, -0.1) is 0 Å². The van der Waals surface area contributed by atoms with E-state index in [1.165, 1.54) is 11.1 Å². The van der Waals surface area contributed by atoms with Gasteiger partial charge in [0.05, 0.1) is 0 Å². The Balaban J connectivity index is 1.81. The molecule has 0 radical (unpaired) electrons. The Labute approximate surface area is 126 Å². The lowest BCUT2D eigenvalue weighted by molar-refractivity contribution is -0.131. The van der Waals surface area contributed by atoms with Crippen LogP contribution in [-0.4, -0.2) is 47.4 Å². The molecule has 0 saturated carbocycles. The second kappa shape index (κ2) is 5.78. The van der Waals surface area contributed by atoms with Crippen molar-refractivity contribution in [2.75, 3.05) is 19.6 Å². The van der Waals surface area contributed by atoms with Gasteiger partial charge in [0.1, 0.15) is 0 Å². The van der Waals surface area contributed by atoms with Crippen molar-refractivity contribution in [3.63, 3.8) is 0 Å². The van der Waals surface area contributed by atoms with Crippen LogP contribution in [0, 0.1) is 6.92 Å². The highest BCUT2D eigenvalue weighted by Crippen LogP contribution is 2.30. The maximum absolute atomic E-state index is 11.8. The molecule has 2 fully saturated rings. The highest BCUT2D eigenvalue weighted by molar-refractivity contribution is 5.78. The molecule has 114 valence electrons. The van der Waals surface area contributed by atoms with Gasteiger partial charge >= 0.3 is 0 Å². The van der Waals surface area contributed by atoms with Gasteiger partial charge in [-0.25, -0.2) is 0 Å². The summed E-state index contributed by atoms with van der Waals surface area (Å²) >= 11 is 0. The largest absolute Gasteiger partial charge is 0.337 e. The van der Waals surface area contributed by atoms with E-state index in [1.54, 1.807) is 0 Å². The third-order valence-corrected chi connectivity index (χ3v) is 4.80. The van der Waals surface area contributed by atoms with Gasteiger partial charge in [-0.05, 0) is 25.8 Å². The zero-order chi connectivity index (χ0) is 15.0. The van der Waals surface area contributed by atoms with Gasteiger partial charge in [0.2, 0.25) is 5.91 Å². The summed E-state index contributed by atoms with van der Waals surface area (Å²) < 4.78 is 0. The van der Waals surface area contributed by atoms with Crippen LogP contribution in [0.3, 0.4) is 0 Å². The summed E-state index contributed by atoms with van der Waals surface area (Å²) in [5.41, 5.74) is 8.86. The highest BCUT2D eigenvalue weighted by atomic mass is 16.2. The van der Waals surface area contributed by atoms with E-state index in [0.717, 1.165) is 26.1 Å². The first kappa shape index (κ1) is 14.5. The van der Waals surface area contributed by atoms with Crippen molar-refractivity contribution in [3.8, 4) is 0 Å². The molecule has 2 aliphatic rings. The molecule has 2 aliphatic heterocycles. The molecule has 21 heavy (non-hydrogen) atoms. The molecule has 1 aromatic rings. The summed E-state index contributed by atoms with van der Waals surface area (Å²) in [6, 6.07) is 9.34. The van der Waals surface area contributed by atoms with Gasteiger partial charge in [-0.1, -0.05) is 29.8 Å². The molecule has 3 rings (SSSR count). The molecule has 4 nitrogen and oxygen atoms in total. The summed E-state index contributed by atoms with van der Waals surface area (Å²) in [6.45, 7) is 6.92.